The van der Waals surface area contributed by atoms with Crippen LogP contribution in [0.1, 0.15) is 31.7 Å². The second-order valence-electron chi connectivity index (χ2n) is 6.61. The first-order valence-electron chi connectivity index (χ1n) is 9.40. The highest BCUT2D eigenvalue weighted by Crippen LogP contribution is 2.32. The number of halogens is 3. The van der Waals surface area contributed by atoms with Gasteiger partial charge in [-0.3, -0.25) is 4.79 Å². The number of alkyl halides is 3. The number of carbonyl (C=O) groups excluding carboxylic acids is 1. The molecule has 3 aromatic rings. The Balaban J connectivity index is 1.92. The molecule has 0 unspecified atom stereocenters. The molecule has 2 aromatic carbocycles. The molecule has 0 saturated carbocycles. The molecule has 0 fully saturated rings. The van der Waals surface area contributed by atoms with Crippen LogP contribution in [-0.2, 0) is 11.0 Å². The standard InChI is InChI=1S/C21H21F3N4O2/c1-3-4-8-18(29)25-16-9-11-17(12-10-16)28-19(26-20(27-28)30-2)14-6-5-7-15(13-14)21(22,23)24/h5-7,9-13H,3-4,8H2,1-2H3,(H,25,29). The summed E-state index contributed by atoms with van der Waals surface area (Å²) in [7, 11) is 1.38. The minimum Gasteiger partial charge on any atom is -0.466 e. The van der Waals surface area contributed by atoms with Crippen molar-refractivity contribution < 1.29 is 22.7 Å². The maximum absolute atomic E-state index is 13.1. The molecule has 30 heavy (non-hydrogen) atoms. The molecule has 6 nitrogen and oxygen atoms in total. The summed E-state index contributed by atoms with van der Waals surface area (Å²) in [5.41, 5.74) is 0.647. The normalized spacial score (nSPS) is 11.4. The van der Waals surface area contributed by atoms with E-state index in [4.69, 9.17) is 4.74 Å². The van der Waals surface area contributed by atoms with Crippen LogP contribution in [0.2, 0.25) is 0 Å². The molecular weight excluding hydrogens is 397 g/mol. The molecule has 0 spiro atoms. The number of aromatic nitrogens is 3. The Labute approximate surface area is 171 Å². The van der Waals surface area contributed by atoms with Gasteiger partial charge in [0.05, 0.1) is 18.4 Å². The largest absolute Gasteiger partial charge is 0.466 e. The van der Waals surface area contributed by atoms with Gasteiger partial charge in [-0.2, -0.15) is 18.2 Å². The minimum atomic E-state index is -4.47. The number of ether oxygens (including phenoxy) is 1. The lowest BCUT2D eigenvalue weighted by atomic mass is 10.1. The average Bonchev–Trinajstić information content (AvgIpc) is 3.17. The topological polar surface area (TPSA) is 69.0 Å². The monoisotopic (exact) mass is 418 g/mol. The van der Waals surface area contributed by atoms with Crippen LogP contribution in [0.15, 0.2) is 48.5 Å². The Hall–Kier alpha value is -3.36. The van der Waals surface area contributed by atoms with E-state index in [0.717, 1.165) is 25.0 Å². The number of nitrogens with zero attached hydrogens (tertiary/aromatic N) is 3. The number of carbonyl (C=O) groups is 1. The molecule has 0 aliphatic carbocycles. The van der Waals surface area contributed by atoms with Gasteiger partial charge in [0, 0.05) is 17.7 Å². The second kappa shape index (κ2) is 8.98. The van der Waals surface area contributed by atoms with Crippen LogP contribution in [0.5, 0.6) is 6.01 Å². The van der Waals surface area contributed by atoms with E-state index in [9.17, 15) is 18.0 Å². The molecule has 3 rings (SSSR count). The Bertz CT molecular complexity index is 1010. The molecule has 1 amide bonds. The molecular formula is C21H21F3N4O2. The van der Waals surface area contributed by atoms with Gasteiger partial charge in [-0.05, 0) is 42.8 Å². The maximum atomic E-state index is 13.1. The van der Waals surface area contributed by atoms with Gasteiger partial charge in [0.1, 0.15) is 0 Å². The molecule has 0 atom stereocenters. The van der Waals surface area contributed by atoms with Crippen LogP contribution in [0, 0.1) is 0 Å². The lowest BCUT2D eigenvalue weighted by molar-refractivity contribution is -0.137. The van der Waals surface area contributed by atoms with Gasteiger partial charge >= 0.3 is 12.2 Å². The first kappa shape index (κ1) is 21.4. The van der Waals surface area contributed by atoms with Crippen molar-refractivity contribution in [3.63, 3.8) is 0 Å². The fourth-order valence-corrected chi connectivity index (χ4v) is 2.83. The van der Waals surface area contributed by atoms with E-state index in [1.54, 1.807) is 24.3 Å². The van der Waals surface area contributed by atoms with Crippen molar-refractivity contribution >= 4 is 11.6 Å². The number of amides is 1. The number of benzene rings is 2. The van der Waals surface area contributed by atoms with Crippen LogP contribution in [0.4, 0.5) is 18.9 Å². The Morgan fingerprint density at radius 3 is 2.53 bits per heavy atom. The van der Waals surface area contributed by atoms with Gasteiger partial charge in [0.15, 0.2) is 5.82 Å². The van der Waals surface area contributed by atoms with Gasteiger partial charge in [-0.25, -0.2) is 4.68 Å². The van der Waals surface area contributed by atoms with Gasteiger partial charge in [0.2, 0.25) is 5.91 Å². The summed E-state index contributed by atoms with van der Waals surface area (Å²) < 4.78 is 45.8. The summed E-state index contributed by atoms with van der Waals surface area (Å²) in [4.78, 5) is 16.1. The maximum Gasteiger partial charge on any atom is 0.416 e. The molecule has 158 valence electrons. The van der Waals surface area contributed by atoms with E-state index < -0.39 is 11.7 Å². The van der Waals surface area contributed by atoms with Gasteiger partial charge in [-0.15, -0.1) is 5.10 Å². The van der Waals surface area contributed by atoms with Crippen molar-refractivity contribution in [2.75, 3.05) is 12.4 Å². The number of methoxy groups -OCH3 is 1. The van der Waals surface area contributed by atoms with Gasteiger partial charge < -0.3 is 10.1 Å². The summed E-state index contributed by atoms with van der Waals surface area (Å²) >= 11 is 0. The van der Waals surface area contributed by atoms with E-state index >= 15 is 0 Å². The van der Waals surface area contributed by atoms with E-state index in [-0.39, 0.29) is 23.3 Å². The van der Waals surface area contributed by atoms with Gasteiger partial charge in [-0.1, -0.05) is 25.5 Å². The highest BCUT2D eigenvalue weighted by molar-refractivity contribution is 5.90. The first-order valence-corrected chi connectivity index (χ1v) is 9.40. The van der Waals surface area contributed by atoms with E-state index in [0.29, 0.717) is 17.8 Å². The molecule has 0 saturated heterocycles. The van der Waals surface area contributed by atoms with Crippen LogP contribution in [0.25, 0.3) is 17.1 Å². The van der Waals surface area contributed by atoms with E-state index in [1.807, 2.05) is 6.92 Å². The molecule has 0 bridgehead atoms. The first-order chi connectivity index (χ1) is 14.3. The number of hydrogen-bond acceptors (Lipinski definition) is 4. The summed E-state index contributed by atoms with van der Waals surface area (Å²) in [5.74, 6) is 0.134. The average molecular weight is 418 g/mol. The highest BCUT2D eigenvalue weighted by atomic mass is 19.4. The van der Waals surface area contributed by atoms with Crippen LogP contribution < -0.4 is 10.1 Å². The lowest BCUT2D eigenvalue weighted by Gasteiger charge is -2.10. The van der Waals surface area contributed by atoms with Crippen molar-refractivity contribution in [3.8, 4) is 23.1 Å². The zero-order chi connectivity index (χ0) is 21.7. The fraction of sp³-hybridized carbons (Fsp3) is 0.286. The summed E-state index contributed by atoms with van der Waals surface area (Å²) in [6.07, 6.45) is -2.29. The zero-order valence-electron chi connectivity index (χ0n) is 16.5. The Morgan fingerprint density at radius 2 is 1.90 bits per heavy atom. The van der Waals surface area contributed by atoms with E-state index in [2.05, 4.69) is 15.4 Å². The number of rotatable bonds is 7. The predicted octanol–water partition coefficient (Wildman–Crippen LogP) is 5.09. The van der Waals surface area contributed by atoms with Crippen LogP contribution in [-0.4, -0.2) is 27.8 Å². The minimum absolute atomic E-state index is 0.0272. The molecule has 9 heteroatoms. The highest BCUT2D eigenvalue weighted by Gasteiger charge is 2.31. The lowest BCUT2D eigenvalue weighted by Crippen LogP contribution is -2.11. The zero-order valence-corrected chi connectivity index (χ0v) is 16.5. The van der Waals surface area contributed by atoms with Crippen molar-refractivity contribution in [1.82, 2.24) is 14.8 Å². The summed E-state index contributed by atoms with van der Waals surface area (Å²) in [6, 6.07) is 11.7. The van der Waals surface area contributed by atoms with E-state index in [1.165, 1.54) is 23.9 Å². The predicted molar refractivity (Wildman–Crippen MR) is 107 cm³/mol. The molecule has 0 aliphatic rings. The third-order valence-corrected chi connectivity index (χ3v) is 4.37. The van der Waals surface area contributed by atoms with Crippen molar-refractivity contribution in [2.24, 2.45) is 0 Å². The third-order valence-electron chi connectivity index (χ3n) is 4.37. The SMILES string of the molecule is CCCCC(=O)Nc1ccc(-n2nc(OC)nc2-c2cccc(C(F)(F)F)c2)cc1. The Morgan fingerprint density at radius 1 is 1.17 bits per heavy atom. The number of unbranched alkanes of at least 4 members (excludes halogenated alkanes) is 1. The summed E-state index contributed by atoms with van der Waals surface area (Å²) in [5, 5.41) is 7.02. The van der Waals surface area contributed by atoms with Crippen molar-refractivity contribution in [2.45, 2.75) is 32.4 Å². The summed E-state index contributed by atoms with van der Waals surface area (Å²) in [6.45, 7) is 2.01. The molecule has 1 aromatic heterocycles. The molecule has 0 radical (unpaired) electrons. The molecule has 1 heterocycles. The third kappa shape index (κ3) is 4.97. The van der Waals surface area contributed by atoms with Crippen molar-refractivity contribution in [1.29, 1.82) is 0 Å². The van der Waals surface area contributed by atoms with Crippen LogP contribution in [0.3, 0.4) is 0 Å². The van der Waals surface area contributed by atoms with Crippen LogP contribution >= 0.6 is 0 Å². The number of nitrogens with one attached hydrogen (secondary N) is 1. The molecule has 0 aliphatic heterocycles. The fourth-order valence-electron chi connectivity index (χ4n) is 2.83. The smallest absolute Gasteiger partial charge is 0.416 e. The Kier molecular flexibility index (Phi) is 6.39. The van der Waals surface area contributed by atoms with Gasteiger partial charge in [0.25, 0.3) is 0 Å². The molecule has 1 N–H and O–H groups in total. The van der Waals surface area contributed by atoms with Crippen molar-refractivity contribution in [3.05, 3.63) is 54.1 Å². The number of anilines is 1. The quantitative estimate of drug-likeness (QED) is 0.580. The number of hydrogen-bond donors (Lipinski definition) is 1. The second-order valence-corrected chi connectivity index (χ2v) is 6.61.